The van der Waals surface area contributed by atoms with Gasteiger partial charge in [0.25, 0.3) is 0 Å². The second kappa shape index (κ2) is 8.39. The minimum absolute atomic E-state index is 0.0687. The van der Waals surface area contributed by atoms with Crippen LogP contribution in [0.2, 0.25) is 0 Å². The van der Waals surface area contributed by atoms with Gasteiger partial charge < -0.3 is 5.32 Å². The second-order valence-electron chi connectivity index (χ2n) is 6.40. The van der Waals surface area contributed by atoms with Crippen LogP contribution in [0, 0.1) is 20.8 Å². The number of benzene rings is 2. The predicted octanol–water partition coefficient (Wildman–Crippen LogP) is 5.36. The summed E-state index contributed by atoms with van der Waals surface area (Å²) in [5.74, 6) is 0.0902. The van der Waals surface area contributed by atoms with Crippen molar-refractivity contribution in [1.29, 1.82) is 0 Å². The third-order valence-electron chi connectivity index (χ3n) is 4.23. The van der Waals surface area contributed by atoms with Crippen molar-refractivity contribution in [2.45, 2.75) is 57.2 Å². The summed E-state index contributed by atoms with van der Waals surface area (Å²) in [5.41, 5.74) is 4.93. The first-order chi connectivity index (χ1) is 11.4. The van der Waals surface area contributed by atoms with Crippen LogP contribution in [0.3, 0.4) is 0 Å². The van der Waals surface area contributed by atoms with E-state index >= 15 is 0 Å². The van der Waals surface area contributed by atoms with E-state index in [1.165, 1.54) is 22.3 Å². The molecule has 2 rings (SSSR count). The van der Waals surface area contributed by atoms with Crippen LogP contribution in [-0.4, -0.2) is 11.2 Å². The minimum atomic E-state index is -0.118. The van der Waals surface area contributed by atoms with Gasteiger partial charge in [0.15, 0.2) is 0 Å². The molecule has 2 nitrogen and oxygen atoms in total. The average molecular weight is 342 g/mol. The normalized spacial score (nSPS) is 13.4. The van der Waals surface area contributed by atoms with Gasteiger partial charge in [0.2, 0.25) is 5.91 Å². The molecule has 2 atom stereocenters. The summed E-state index contributed by atoms with van der Waals surface area (Å²) in [5, 5.41) is 3.10. The van der Waals surface area contributed by atoms with Gasteiger partial charge in [-0.3, -0.25) is 4.79 Å². The SMILES string of the molecule is CCC(NC(=O)C(C)Sc1ccc(C)cc1)c1ccc(C)cc1C. The van der Waals surface area contributed by atoms with Crippen molar-refractivity contribution >= 4 is 17.7 Å². The molecule has 0 radical (unpaired) electrons. The van der Waals surface area contributed by atoms with Crippen LogP contribution < -0.4 is 5.32 Å². The second-order valence-corrected chi connectivity index (χ2v) is 7.82. The molecule has 0 fully saturated rings. The number of rotatable bonds is 6. The zero-order chi connectivity index (χ0) is 17.7. The van der Waals surface area contributed by atoms with Crippen LogP contribution in [0.1, 0.15) is 48.6 Å². The van der Waals surface area contributed by atoms with Gasteiger partial charge >= 0.3 is 0 Å². The van der Waals surface area contributed by atoms with E-state index in [1.54, 1.807) is 11.8 Å². The number of carbonyl (C=O) groups excluding carboxylic acids is 1. The smallest absolute Gasteiger partial charge is 0.233 e. The standard InChI is InChI=1S/C21H27NOS/c1-6-20(19-12-9-15(3)13-16(19)4)22-21(23)17(5)24-18-10-7-14(2)8-11-18/h7-13,17,20H,6H2,1-5H3,(H,22,23). The highest BCUT2D eigenvalue weighted by molar-refractivity contribution is 8.00. The zero-order valence-corrected chi connectivity index (χ0v) is 16.0. The summed E-state index contributed by atoms with van der Waals surface area (Å²) >= 11 is 1.60. The highest BCUT2D eigenvalue weighted by Crippen LogP contribution is 2.26. The van der Waals surface area contributed by atoms with E-state index in [0.29, 0.717) is 0 Å². The fraction of sp³-hybridized carbons (Fsp3) is 0.381. The molecular weight excluding hydrogens is 314 g/mol. The molecule has 1 amide bonds. The Balaban J connectivity index is 2.04. The molecule has 0 aromatic heterocycles. The lowest BCUT2D eigenvalue weighted by molar-refractivity contribution is -0.121. The quantitative estimate of drug-likeness (QED) is 0.717. The van der Waals surface area contributed by atoms with Crippen molar-refractivity contribution in [1.82, 2.24) is 5.32 Å². The highest BCUT2D eigenvalue weighted by Gasteiger charge is 2.20. The first kappa shape index (κ1) is 18.6. The predicted molar refractivity (Wildman–Crippen MR) is 104 cm³/mol. The molecule has 0 saturated carbocycles. The molecule has 0 aliphatic rings. The topological polar surface area (TPSA) is 29.1 Å². The number of hydrogen-bond acceptors (Lipinski definition) is 2. The summed E-state index contributed by atoms with van der Waals surface area (Å²) in [6.07, 6.45) is 0.886. The van der Waals surface area contributed by atoms with Crippen molar-refractivity contribution in [3.8, 4) is 0 Å². The Hall–Kier alpha value is -1.74. The third-order valence-corrected chi connectivity index (χ3v) is 5.34. The van der Waals surface area contributed by atoms with Crippen LogP contribution in [0.15, 0.2) is 47.4 Å². The summed E-state index contributed by atoms with van der Waals surface area (Å²) < 4.78 is 0. The van der Waals surface area contributed by atoms with Crippen molar-refractivity contribution in [2.24, 2.45) is 0 Å². The molecule has 2 aromatic carbocycles. The lowest BCUT2D eigenvalue weighted by atomic mass is 9.97. The zero-order valence-electron chi connectivity index (χ0n) is 15.2. The van der Waals surface area contributed by atoms with E-state index in [0.717, 1.165) is 11.3 Å². The maximum atomic E-state index is 12.6. The van der Waals surface area contributed by atoms with Crippen molar-refractivity contribution < 1.29 is 4.79 Å². The monoisotopic (exact) mass is 341 g/mol. The third kappa shape index (κ3) is 4.88. The summed E-state index contributed by atoms with van der Waals surface area (Å²) in [7, 11) is 0. The van der Waals surface area contributed by atoms with Gasteiger partial charge in [0.1, 0.15) is 0 Å². The number of thioether (sulfide) groups is 1. The lowest BCUT2D eigenvalue weighted by Gasteiger charge is -2.22. The molecule has 0 heterocycles. The van der Waals surface area contributed by atoms with Gasteiger partial charge in [-0.25, -0.2) is 0 Å². The summed E-state index contributed by atoms with van der Waals surface area (Å²) in [6.45, 7) is 10.4. The van der Waals surface area contributed by atoms with Gasteiger partial charge in [0.05, 0.1) is 11.3 Å². The molecule has 24 heavy (non-hydrogen) atoms. The molecule has 0 aliphatic heterocycles. The molecule has 0 aliphatic carbocycles. The van der Waals surface area contributed by atoms with E-state index in [2.05, 4.69) is 75.5 Å². The van der Waals surface area contributed by atoms with Crippen LogP contribution in [0.4, 0.5) is 0 Å². The molecule has 1 N–H and O–H groups in total. The molecule has 3 heteroatoms. The average Bonchev–Trinajstić information content (AvgIpc) is 2.55. The Morgan fingerprint density at radius 1 is 1.04 bits per heavy atom. The molecule has 0 saturated heterocycles. The van der Waals surface area contributed by atoms with E-state index in [9.17, 15) is 4.79 Å². The van der Waals surface area contributed by atoms with Crippen LogP contribution >= 0.6 is 11.8 Å². The minimum Gasteiger partial charge on any atom is -0.348 e. The Labute approximate surface area is 150 Å². The molecule has 128 valence electrons. The first-order valence-electron chi connectivity index (χ1n) is 8.51. The van der Waals surface area contributed by atoms with E-state index < -0.39 is 0 Å². The fourth-order valence-electron chi connectivity index (χ4n) is 2.78. The largest absolute Gasteiger partial charge is 0.348 e. The van der Waals surface area contributed by atoms with Crippen LogP contribution in [0.25, 0.3) is 0 Å². The Morgan fingerprint density at radius 2 is 1.67 bits per heavy atom. The van der Waals surface area contributed by atoms with Crippen molar-refractivity contribution in [2.75, 3.05) is 0 Å². The number of hydrogen-bond donors (Lipinski definition) is 1. The number of aryl methyl sites for hydroxylation is 3. The summed E-state index contributed by atoms with van der Waals surface area (Å²) in [6, 6.07) is 14.8. The molecular formula is C21H27NOS. The van der Waals surface area contributed by atoms with E-state index in [4.69, 9.17) is 0 Å². The number of amides is 1. The Kier molecular flexibility index (Phi) is 6.50. The van der Waals surface area contributed by atoms with E-state index in [1.807, 2.05) is 6.92 Å². The lowest BCUT2D eigenvalue weighted by Crippen LogP contribution is -2.34. The van der Waals surface area contributed by atoms with Gasteiger partial charge in [0, 0.05) is 4.90 Å². The molecule has 0 spiro atoms. The van der Waals surface area contributed by atoms with Gasteiger partial charge in [-0.1, -0.05) is 48.4 Å². The van der Waals surface area contributed by atoms with Crippen LogP contribution in [0.5, 0.6) is 0 Å². The Bertz CT molecular complexity index is 693. The number of carbonyl (C=O) groups is 1. The van der Waals surface area contributed by atoms with Gasteiger partial charge in [-0.2, -0.15) is 0 Å². The van der Waals surface area contributed by atoms with Crippen molar-refractivity contribution in [3.05, 3.63) is 64.7 Å². The first-order valence-corrected chi connectivity index (χ1v) is 9.39. The van der Waals surface area contributed by atoms with Crippen molar-refractivity contribution in [3.63, 3.8) is 0 Å². The number of nitrogens with one attached hydrogen (secondary N) is 1. The summed E-state index contributed by atoms with van der Waals surface area (Å²) in [4.78, 5) is 13.7. The van der Waals surface area contributed by atoms with Gasteiger partial charge in [-0.15, -0.1) is 11.8 Å². The molecule has 2 unspecified atom stereocenters. The highest BCUT2D eigenvalue weighted by atomic mass is 32.2. The Morgan fingerprint density at radius 3 is 2.25 bits per heavy atom. The van der Waals surface area contributed by atoms with E-state index in [-0.39, 0.29) is 17.2 Å². The fourth-order valence-corrected chi connectivity index (χ4v) is 3.66. The maximum absolute atomic E-state index is 12.6. The molecule has 2 aromatic rings. The molecule has 0 bridgehead atoms. The maximum Gasteiger partial charge on any atom is 0.233 e. The van der Waals surface area contributed by atoms with Crippen LogP contribution in [-0.2, 0) is 4.79 Å². The van der Waals surface area contributed by atoms with Gasteiger partial charge in [-0.05, 0) is 57.4 Å².